The van der Waals surface area contributed by atoms with E-state index in [0.717, 1.165) is 0 Å². The van der Waals surface area contributed by atoms with Gasteiger partial charge in [-0.05, 0) is 42.5 Å². The lowest BCUT2D eigenvalue weighted by Gasteiger charge is -2.11. The van der Waals surface area contributed by atoms with Crippen molar-refractivity contribution in [3.8, 4) is 0 Å². The van der Waals surface area contributed by atoms with E-state index in [1.54, 1.807) is 42.5 Å². The third-order valence-electron chi connectivity index (χ3n) is 3.76. The molecule has 0 aromatic heterocycles. The number of nitrogens with two attached hydrogens (primary N) is 1. The molecular formula is C20H16N2O3. The third kappa shape index (κ3) is 3.67. The van der Waals surface area contributed by atoms with Gasteiger partial charge in [-0.25, -0.2) is 4.79 Å². The summed E-state index contributed by atoms with van der Waals surface area (Å²) >= 11 is 0. The summed E-state index contributed by atoms with van der Waals surface area (Å²) in [6.07, 6.45) is 0. The van der Waals surface area contributed by atoms with Crippen molar-refractivity contribution in [3.05, 3.63) is 89.5 Å². The molecule has 3 aromatic rings. The first-order valence-corrected chi connectivity index (χ1v) is 7.64. The van der Waals surface area contributed by atoms with E-state index in [-0.39, 0.29) is 11.3 Å². The van der Waals surface area contributed by atoms with Crippen LogP contribution < -0.4 is 11.1 Å². The molecule has 0 aliphatic heterocycles. The first-order chi connectivity index (χ1) is 12.0. The molecule has 0 aliphatic rings. The van der Waals surface area contributed by atoms with Gasteiger partial charge >= 0.3 is 5.97 Å². The highest BCUT2D eigenvalue weighted by Gasteiger charge is 2.10. The van der Waals surface area contributed by atoms with Crippen LogP contribution in [-0.2, 0) is 0 Å². The fourth-order valence-electron chi connectivity index (χ4n) is 2.41. The molecule has 0 spiro atoms. The fourth-order valence-corrected chi connectivity index (χ4v) is 2.41. The van der Waals surface area contributed by atoms with Gasteiger partial charge in [-0.2, -0.15) is 0 Å². The van der Waals surface area contributed by atoms with E-state index in [1.165, 1.54) is 12.1 Å². The smallest absolute Gasteiger partial charge is 0.335 e. The zero-order valence-electron chi connectivity index (χ0n) is 13.3. The number of hydrogen-bond donors (Lipinski definition) is 3. The Morgan fingerprint density at radius 3 is 2.04 bits per heavy atom. The maximum atomic E-state index is 12.4. The number of carboxylic acid groups (broad SMARTS) is 1. The van der Waals surface area contributed by atoms with Gasteiger partial charge in [-0.1, -0.05) is 30.3 Å². The number of hydrogen-bond acceptors (Lipinski definition) is 4. The van der Waals surface area contributed by atoms with Gasteiger partial charge in [0.25, 0.3) is 0 Å². The highest BCUT2D eigenvalue weighted by molar-refractivity contribution is 6.09. The summed E-state index contributed by atoms with van der Waals surface area (Å²) < 4.78 is 0. The summed E-state index contributed by atoms with van der Waals surface area (Å²) in [5, 5.41) is 12.1. The number of ketones is 1. The minimum atomic E-state index is -1.02. The lowest BCUT2D eigenvalue weighted by molar-refractivity contribution is 0.0696. The fraction of sp³-hybridized carbons (Fsp3) is 0. The molecule has 5 heteroatoms. The minimum absolute atomic E-state index is 0.0560. The van der Waals surface area contributed by atoms with E-state index in [4.69, 9.17) is 10.8 Å². The Balaban J connectivity index is 1.81. The normalized spacial score (nSPS) is 10.2. The lowest BCUT2D eigenvalue weighted by Crippen LogP contribution is -2.03. The van der Waals surface area contributed by atoms with Gasteiger partial charge in [0.15, 0.2) is 5.78 Å². The zero-order chi connectivity index (χ0) is 17.8. The van der Waals surface area contributed by atoms with Gasteiger partial charge in [0.2, 0.25) is 0 Å². The topological polar surface area (TPSA) is 92.4 Å². The Bertz CT molecular complexity index is 919. The van der Waals surface area contributed by atoms with E-state index >= 15 is 0 Å². The van der Waals surface area contributed by atoms with Crippen molar-refractivity contribution in [2.75, 3.05) is 11.1 Å². The van der Waals surface area contributed by atoms with Gasteiger partial charge < -0.3 is 16.2 Å². The Morgan fingerprint density at radius 2 is 1.40 bits per heavy atom. The van der Waals surface area contributed by atoms with Crippen LogP contribution in [0.15, 0.2) is 72.8 Å². The second kappa shape index (κ2) is 6.88. The molecular weight excluding hydrogens is 316 g/mol. The van der Waals surface area contributed by atoms with Gasteiger partial charge in [-0.15, -0.1) is 0 Å². The van der Waals surface area contributed by atoms with Crippen molar-refractivity contribution in [1.82, 2.24) is 0 Å². The van der Waals surface area contributed by atoms with Crippen LogP contribution in [-0.4, -0.2) is 16.9 Å². The highest BCUT2D eigenvalue weighted by atomic mass is 16.4. The number of nitrogens with one attached hydrogen (secondary N) is 1. The molecule has 0 bridgehead atoms. The molecule has 4 N–H and O–H groups in total. The Morgan fingerprint density at radius 1 is 0.800 bits per heavy atom. The van der Waals surface area contributed by atoms with Crippen LogP contribution in [0.25, 0.3) is 0 Å². The molecule has 0 fully saturated rings. The number of carbonyl (C=O) groups is 2. The van der Waals surface area contributed by atoms with Crippen molar-refractivity contribution in [3.63, 3.8) is 0 Å². The average Bonchev–Trinajstić information content (AvgIpc) is 2.64. The van der Waals surface area contributed by atoms with Crippen molar-refractivity contribution >= 4 is 28.8 Å². The summed E-state index contributed by atoms with van der Waals surface area (Å²) in [6.45, 7) is 0. The number of anilines is 3. The van der Waals surface area contributed by atoms with Crippen molar-refractivity contribution < 1.29 is 14.7 Å². The number of carboxylic acids is 1. The first-order valence-electron chi connectivity index (χ1n) is 7.64. The first kappa shape index (κ1) is 16.3. The Hall–Kier alpha value is -3.60. The highest BCUT2D eigenvalue weighted by Crippen LogP contribution is 2.25. The molecule has 0 radical (unpaired) electrons. The molecule has 0 unspecified atom stereocenters. The van der Waals surface area contributed by atoms with Crippen LogP contribution >= 0.6 is 0 Å². The van der Waals surface area contributed by atoms with Crippen molar-refractivity contribution in [2.45, 2.75) is 0 Å². The maximum Gasteiger partial charge on any atom is 0.335 e. The van der Waals surface area contributed by atoms with Gasteiger partial charge in [-0.3, -0.25) is 4.79 Å². The Labute approximate surface area is 144 Å². The number of carbonyl (C=O) groups excluding carboxylic acids is 1. The third-order valence-corrected chi connectivity index (χ3v) is 3.76. The van der Waals surface area contributed by atoms with Crippen LogP contribution in [0, 0.1) is 0 Å². The van der Waals surface area contributed by atoms with Crippen LogP contribution in [0.4, 0.5) is 17.1 Å². The largest absolute Gasteiger partial charge is 0.478 e. The second-order valence-corrected chi connectivity index (χ2v) is 5.50. The second-order valence-electron chi connectivity index (χ2n) is 5.50. The number of aromatic carboxylic acids is 1. The minimum Gasteiger partial charge on any atom is -0.478 e. The SMILES string of the molecule is Nc1ccc(C(=O)O)cc1Nc1ccc(C(=O)c2ccccc2)cc1. The molecule has 0 aliphatic carbocycles. The zero-order valence-corrected chi connectivity index (χ0v) is 13.3. The molecule has 0 saturated carbocycles. The number of nitrogen functional groups attached to an aromatic ring is 1. The van der Waals surface area contributed by atoms with Crippen molar-refractivity contribution in [1.29, 1.82) is 0 Å². The molecule has 0 saturated heterocycles. The van der Waals surface area contributed by atoms with Crippen LogP contribution in [0.3, 0.4) is 0 Å². The van der Waals surface area contributed by atoms with Gasteiger partial charge in [0.05, 0.1) is 16.9 Å². The van der Waals surface area contributed by atoms with Crippen LogP contribution in [0.1, 0.15) is 26.3 Å². The lowest BCUT2D eigenvalue weighted by atomic mass is 10.0. The molecule has 25 heavy (non-hydrogen) atoms. The maximum absolute atomic E-state index is 12.4. The number of benzene rings is 3. The molecule has 0 heterocycles. The summed E-state index contributed by atoms with van der Waals surface area (Å²) in [5.74, 6) is -1.08. The van der Waals surface area contributed by atoms with Gasteiger partial charge in [0, 0.05) is 16.8 Å². The van der Waals surface area contributed by atoms with E-state index in [9.17, 15) is 9.59 Å². The molecule has 0 atom stereocenters. The standard InChI is InChI=1S/C20H16N2O3/c21-17-11-8-15(20(24)25)12-18(17)22-16-9-6-14(7-10-16)19(23)13-4-2-1-3-5-13/h1-12,22H,21H2,(H,24,25). The van der Waals surface area contributed by atoms with Crippen molar-refractivity contribution in [2.24, 2.45) is 0 Å². The quantitative estimate of drug-likeness (QED) is 0.486. The number of rotatable bonds is 5. The predicted octanol–water partition coefficient (Wildman–Crippen LogP) is 3.94. The molecule has 5 nitrogen and oxygen atoms in total. The van der Waals surface area contributed by atoms with E-state index in [1.807, 2.05) is 18.2 Å². The average molecular weight is 332 g/mol. The summed E-state index contributed by atoms with van der Waals surface area (Å²) in [6, 6.07) is 20.4. The summed E-state index contributed by atoms with van der Waals surface area (Å²) in [7, 11) is 0. The molecule has 0 amide bonds. The summed E-state index contributed by atoms with van der Waals surface area (Å²) in [5.41, 5.74) is 8.88. The predicted molar refractivity (Wildman–Crippen MR) is 97.4 cm³/mol. The van der Waals surface area contributed by atoms with E-state index in [2.05, 4.69) is 5.32 Å². The van der Waals surface area contributed by atoms with Crippen LogP contribution in [0.5, 0.6) is 0 Å². The van der Waals surface area contributed by atoms with E-state index < -0.39 is 5.97 Å². The van der Waals surface area contributed by atoms with E-state index in [0.29, 0.717) is 28.2 Å². The molecule has 3 rings (SSSR count). The molecule has 3 aromatic carbocycles. The van der Waals surface area contributed by atoms with Crippen LogP contribution in [0.2, 0.25) is 0 Å². The molecule has 124 valence electrons. The monoisotopic (exact) mass is 332 g/mol. The Kier molecular flexibility index (Phi) is 4.48. The summed E-state index contributed by atoms with van der Waals surface area (Å²) in [4.78, 5) is 23.4. The van der Waals surface area contributed by atoms with Gasteiger partial charge in [0.1, 0.15) is 0 Å².